The number of hydrogen-bond acceptors (Lipinski definition) is 7. The van der Waals surface area contributed by atoms with Crippen molar-refractivity contribution in [2.45, 2.75) is 12.2 Å². The number of hydrogen-bond donors (Lipinski definition) is 0. The molecule has 108 valence electrons. The van der Waals surface area contributed by atoms with Crippen LogP contribution in [0, 0.1) is 0 Å². The largest absolute Gasteiger partial charge is 0.442 e. The van der Waals surface area contributed by atoms with Crippen LogP contribution >= 0.6 is 0 Å². The first-order valence-corrected chi connectivity index (χ1v) is 5.79. The molecule has 0 unspecified atom stereocenters. The summed E-state index contributed by atoms with van der Waals surface area (Å²) in [7, 11) is -13.1. The summed E-state index contributed by atoms with van der Waals surface area (Å²) in [5, 5.41) is 0. The average molecular weight is 326 g/mol. The predicted molar refractivity (Wildman–Crippen MR) is 37.1 cm³/mol. The van der Waals surface area contributed by atoms with E-state index in [9.17, 15) is 47.0 Å². The van der Waals surface area contributed by atoms with E-state index in [4.69, 9.17) is 0 Å². The second-order valence-electron chi connectivity index (χ2n) is 2.32. The van der Waals surface area contributed by atoms with E-state index in [0.717, 1.165) is 0 Å². The number of carbonyl (C=O) groups excluding carboxylic acids is 1. The fourth-order valence-electron chi connectivity index (χ4n) is 0.495. The molecular formula is C3F6O7S2. The molecule has 0 aliphatic heterocycles. The van der Waals surface area contributed by atoms with Crippen LogP contribution in [0.15, 0.2) is 0 Å². The molecule has 0 saturated carbocycles. The summed E-state index contributed by atoms with van der Waals surface area (Å²) in [6, 6.07) is 0. The molecule has 0 fully saturated rings. The minimum atomic E-state index is -6.53. The van der Waals surface area contributed by atoms with Crippen LogP contribution in [0.5, 0.6) is 0 Å². The van der Waals surface area contributed by atoms with E-state index in [2.05, 4.69) is 0 Å². The number of Topliss-reactive ketones (excluding diaryl/α,β-unsaturated/α-hetero) is 1. The second kappa shape index (κ2) is 4.63. The zero-order chi connectivity index (χ0) is 15.0. The number of carbonyl (C=O) groups is 1. The number of halogens is 6. The third kappa shape index (κ3) is 5.61. The number of ketones is 1. The Balaban J connectivity index is 5.27. The SMILES string of the molecule is O=C(C(F)(F)OS(=O)(=O)F)C(F)(F)OS(=O)(=O)F. The van der Waals surface area contributed by atoms with Crippen LogP contribution in [0.3, 0.4) is 0 Å². The first kappa shape index (κ1) is 17.1. The standard InChI is InChI=1S/C3F6O7S2/c4-2(5,15-17(8,11)12)1(10)3(6,7)16-18(9,13)14. The van der Waals surface area contributed by atoms with Crippen LogP contribution in [0.25, 0.3) is 0 Å². The van der Waals surface area contributed by atoms with Gasteiger partial charge >= 0.3 is 39.0 Å². The van der Waals surface area contributed by atoms with Gasteiger partial charge in [-0.25, -0.2) is 0 Å². The van der Waals surface area contributed by atoms with Gasteiger partial charge in [0, 0.05) is 0 Å². The van der Waals surface area contributed by atoms with E-state index >= 15 is 0 Å². The average Bonchev–Trinajstić information content (AvgIpc) is 1.92. The van der Waals surface area contributed by atoms with Gasteiger partial charge in [0.2, 0.25) is 0 Å². The van der Waals surface area contributed by atoms with Gasteiger partial charge in [-0.2, -0.15) is 42.8 Å². The molecule has 15 heteroatoms. The monoisotopic (exact) mass is 326 g/mol. The normalized spacial score (nSPS) is 14.6. The van der Waals surface area contributed by atoms with Gasteiger partial charge in [0.25, 0.3) is 0 Å². The first-order chi connectivity index (χ1) is 7.57. The first-order valence-electron chi connectivity index (χ1n) is 3.18. The van der Waals surface area contributed by atoms with Gasteiger partial charge in [0.1, 0.15) is 0 Å². The van der Waals surface area contributed by atoms with Gasteiger partial charge in [-0.3, -0.25) is 4.79 Å². The quantitative estimate of drug-likeness (QED) is 0.507. The van der Waals surface area contributed by atoms with Crippen LogP contribution in [0.4, 0.5) is 25.3 Å². The van der Waals surface area contributed by atoms with E-state index < -0.39 is 39.0 Å². The minimum Gasteiger partial charge on any atom is -0.280 e. The predicted octanol–water partition coefficient (Wildman–Crippen LogP) is 0.203. The highest BCUT2D eigenvalue weighted by Crippen LogP contribution is 2.31. The molecule has 0 spiro atoms. The lowest BCUT2D eigenvalue weighted by Gasteiger charge is -2.17. The third-order valence-corrected chi connectivity index (χ3v) is 1.75. The summed E-state index contributed by atoms with van der Waals surface area (Å²) in [5.74, 6) is -3.95. The Morgan fingerprint density at radius 3 is 1.17 bits per heavy atom. The van der Waals surface area contributed by atoms with E-state index in [1.807, 2.05) is 8.37 Å². The number of rotatable bonds is 6. The van der Waals surface area contributed by atoms with Crippen molar-refractivity contribution in [1.82, 2.24) is 0 Å². The molecule has 0 rings (SSSR count). The minimum absolute atomic E-state index is 2.03. The van der Waals surface area contributed by atoms with Crippen molar-refractivity contribution in [1.29, 1.82) is 0 Å². The van der Waals surface area contributed by atoms with Crippen LogP contribution in [0.2, 0.25) is 0 Å². The Kier molecular flexibility index (Phi) is 4.39. The molecule has 0 aromatic carbocycles. The van der Waals surface area contributed by atoms with E-state index in [1.165, 1.54) is 0 Å². The van der Waals surface area contributed by atoms with Crippen LogP contribution in [-0.4, -0.2) is 34.8 Å². The van der Waals surface area contributed by atoms with E-state index in [0.29, 0.717) is 0 Å². The lowest BCUT2D eigenvalue weighted by molar-refractivity contribution is -0.241. The van der Waals surface area contributed by atoms with Crippen molar-refractivity contribution in [3.63, 3.8) is 0 Å². The highest BCUT2D eigenvalue weighted by atomic mass is 32.3. The summed E-state index contributed by atoms with van der Waals surface area (Å²) in [6.07, 6.45) is -12.0. The van der Waals surface area contributed by atoms with E-state index in [1.54, 1.807) is 0 Å². The smallest absolute Gasteiger partial charge is 0.280 e. The molecule has 0 bridgehead atoms. The highest BCUT2D eigenvalue weighted by molar-refractivity contribution is 7.81. The molecule has 0 aliphatic carbocycles. The summed E-state index contributed by atoms with van der Waals surface area (Å²) < 4.78 is 115. The summed E-state index contributed by atoms with van der Waals surface area (Å²) in [4.78, 5) is 10.2. The molecule has 0 heterocycles. The van der Waals surface area contributed by atoms with Crippen LogP contribution in [0.1, 0.15) is 0 Å². The molecule has 0 N–H and O–H groups in total. The molecule has 0 saturated heterocycles. The molecule has 0 aromatic heterocycles. The molecule has 18 heavy (non-hydrogen) atoms. The Morgan fingerprint density at radius 1 is 0.778 bits per heavy atom. The summed E-state index contributed by atoms with van der Waals surface area (Å²) in [6.45, 7) is 0. The van der Waals surface area contributed by atoms with Crippen molar-refractivity contribution in [2.24, 2.45) is 0 Å². The summed E-state index contributed by atoms with van der Waals surface area (Å²) >= 11 is 0. The van der Waals surface area contributed by atoms with Gasteiger partial charge in [-0.15, -0.1) is 0 Å². The Hall–Kier alpha value is -0.930. The summed E-state index contributed by atoms with van der Waals surface area (Å²) in [5.41, 5.74) is 0. The maximum Gasteiger partial charge on any atom is 0.442 e. The lowest BCUT2D eigenvalue weighted by Crippen LogP contribution is -2.47. The fraction of sp³-hybridized carbons (Fsp3) is 0.667. The van der Waals surface area contributed by atoms with Gasteiger partial charge < -0.3 is 0 Å². The van der Waals surface area contributed by atoms with E-state index in [-0.39, 0.29) is 0 Å². The topological polar surface area (TPSA) is 104 Å². The Bertz CT molecular complexity index is 486. The second-order valence-corrected chi connectivity index (χ2v) is 4.22. The van der Waals surface area contributed by atoms with Crippen molar-refractivity contribution in [3.05, 3.63) is 0 Å². The maximum absolute atomic E-state index is 12.3. The highest BCUT2D eigenvalue weighted by Gasteiger charge is 2.61. The zero-order valence-corrected chi connectivity index (χ0v) is 9.08. The van der Waals surface area contributed by atoms with Crippen molar-refractivity contribution < 1.29 is 55.3 Å². The van der Waals surface area contributed by atoms with Crippen LogP contribution < -0.4 is 0 Å². The van der Waals surface area contributed by atoms with Crippen molar-refractivity contribution >= 4 is 26.8 Å². The van der Waals surface area contributed by atoms with Gasteiger partial charge in [0.05, 0.1) is 0 Å². The van der Waals surface area contributed by atoms with Gasteiger partial charge in [0.15, 0.2) is 0 Å². The Morgan fingerprint density at radius 2 is 1.00 bits per heavy atom. The zero-order valence-electron chi connectivity index (χ0n) is 7.44. The molecule has 0 radical (unpaired) electrons. The Labute approximate surface area is 95.1 Å². The van der Waals surface area contributed by atoms with Gasteiger partial charge in [-0.1, -0.05) is 7.77 Å². The molecule has 7 nitrogen and oxygen atoms in total. The van der Waals surface area contributed by atoms with Crippen molar-refractivity contribution in [3.8, 4) is 0 Å². The fourth-order valence-corrected chi connectivity index (χ4v) is 1.15. The van der Waals surface area contributed by atoms with Gasteiger partial charge in [-0.05, 0) is 0 Å². The lowest BCUT2D eigenvalue weighted by atomic mass is 10.3. The molecule has 0 amide bonds. The van der Waals surface area contributed by atoms with Crippen molar-refractivity contribution in [2.75, 3.05) is 0 Å². The molecule has 0 atom stereocenters. The molecule has 0 aliphatic rings. The number of alkyl halides is 4. The van der Waals surface area contributed by atoms with Crippen LogP contribution in [-0.2, 0) is 34.2 Å². The third-order valence-electron chi connectivity index (χ3n) is 0.937. The molecular weight excluding hydrogens is 326 g/mol. The maximum atomic E-state index is 12.3. The molecule has 0 aromatic rings.